The fourth-order valence-electron chi connectivity index (χ4n) is 2.29. The Morgan fingerprint density at radius 1 is 1.39 bits per heavy atom. The Hall–Kier alpha value is -0.610. The van der Waals surface area contributed by atoms with Crippen molar-refractivity contribution in [1.82, 2.24) is 10.6 Å². The van der Waals surface area contributed by atoms with Crippen LogP contribution in [0.4, 0.5) is 0 Å². The lowest BCUT2D eigenvalue weighted by Crippen LogP contribution is -2.45. The number of carbonyl (C=O) groups excluding carboxylic acids is 1. The number of hydrogen-bond donors (Lipinski definition) is 2. The van der Waals surface area contributed by atoms with Gasteiger partial charge in [-0.25, -0.2) is 0 Å². The van der Waals surface area contributed by atoms with E-state index in [0.717, 1.165) is 45.4 Å². The quantitative estimate of drug-likeness (QED) is 0.731. The highest BCUT2D eigenvalue weighted by Gasteiger charge is 2.31. The summed E-state index contributed by atoms with van der Waals surface area (Å²) in [6, 6.07) is 0.489. The van der Waals surface area contributed by atoms with Gasteiger partial charge in [0.15, 0.2) is 0 Å². The maximum absolute atomic E-state index is 11.5. The third-order valence-corrected chi connectivity index (χ3v) is 3.70. The van der Waals surface area contributed by atoms with Crippen LogP contribution in [0, 0.1) is 0 Å². The second-order valence-corrected chi connectivity index (χ2v) is 5.40. The minimum Gasteiger partial charge on any atom is -0.375 e. The highest BCUT2D eigenvalue weighted by Crippen LogP contribution is 2.27. The Labute approximate surface area is 111 Å². The Morgan fingerprint density at radius 3 is 2.83 bits per heavy atom. The van der Waals surface area contributed by atoms with Crippen LogP contribution in [-0.4, -0.2) is 37.2 Å². The smallest absolute Gasteiger partial charge is 0.221 e. The fraction of sp³-hybridized carbons (Fsp3) is 0.929. The summed E-state index contributed by atoms with van der Waals surface area (Å²) in [5.41, 5.74) is 0.0143. The third-order valence-electron chi connectivity index (χ3n) is 3.70. The van der Waals surface area contributed by atoms with Gasteiger partial charge >= 0.3 is 0 Å². The van der Waals surface area contributed by atoms with Crippen LogP contribution in [0.1, 0.15) is 52.9 Å². The van der Waals surface area contributed by atoms with Crippen molar-refractivity contribution >= 4 is 5.91 Å². The number of nitrogens with one attached hydrogen (secondary N) is 2. The molecule has 0 saturated carbocycles. The van der Waals surface area contributed by atoms with Gasteiger partial charge in [-0.15, -0.1) is 0 Å². The first-order valence-electron chi connectivity index (χ1n) is 7.23. The molecule has 0 aromatic rings. The Balaban J connectivity index is 2.17. The van der Waals surface area contributed by atoms with E-state index in [0.29, 0.717) is 12.5 Å². The number of ether oxygens (including phenoxy) is 1. The van der Waals surface area contributed by atoms with Gasteiger partial charge in [0, 0.05) is 32.2 Å². The topological polar surface area (TPSA) is 50.4 Å². The number of hydrogen-bond acceptors (Lipinski definition) is 3. The lowest BCUT2D eigenvalue weighted by atomic mass is 9.90. The molecule has 0 spiro atoms. The molecule has 2 N–H and O–H groups in total. The van der Waals surface area contributed by atoms with Crippen molar-refractivity contribution in [3.8, 4) is 0 Å². The van der Waals surface area contributed by atoms with Gasteiger partial charge < -0.3 is 15.4 Å². The minimum absolute atomic E-state index is 0.0143. The van der Waals surface area contributed by atoms with Crippen LogP contribution in [0.25, 0.3) is 0 Å². The van der Waals surface area contributed by atoms with Gasteiger partial charge in [-0.05, 0) is 32.6 Å². The molecule has 1 aliphatic heterocycles. The van der Waals surface area contributed by atoms with Crippen molar-refractivity contribution in [3.05, 3.63) is 0 Å². The summed E-state index contributed by atoms with van der Waals surface area (Å²) in [5, 5.41) is 6.37. The molecule has 0 aromatic heterocycles. The standard InChI is InChI=1S/C14H28N2O2/c1-4-8-16-13(17)6-9-15-12-7-10-18-14(3,5-2)11-12/h12,15H,4-11H2,1-3H3,(H,16,17). The average molecular weight is 256 g/mol. The van der Waals surface area contributed by atoms with E-state index in [2.05, 4.69) is 31.4 Å². The van der Waals surface area contributed by atoms with Crippen LogP contribution in [0.5, 0.6) is 0 Å². The van der Waals surface area contributed by atoms with Crippen LogP contribution >= 0.6 is 0 Å². The van der Waals surface area contributed by atoms with Crippen molar-refractivity contribution in [3.63, 3.8) is 0 Å². The normalized spacial score (nSPS) is 28.1. The molecule has 0 bridgehead atoms. The van der Waals surface area contributed by atoms with Crippen LogP contribution in [0.15, 0.2) is 0 Å². The highest BCUT2D eigenvalue weighted by molar-refractivity contribution is 5.75. The molecule has 4 nitrogen and oxygen atoms in total. The van der Waals surface area contributed by atoms with Gasteiger partial charge in [0.25, 0.3) is 0 Å². The molecule has 4 heteroatoms. The maximum atomic E-state index is 11.5. The minimum atomic E-state index is 0.0143. The predicted molar refractivity (Wildman–Crippen MR) is 73.6 cm³/mol. The van der Waals surface area contributed by atoms with Crippen molar-refractivity contribution in [2.45, 2.75) is 64.5 Å². The van der Waals surface area contributed by atoms with Crippen molar-refractivity contribution in [2.24, 2.45) is 0 Å². The molecule has 1 rings (SSSR count). The Bertz CT molecular complexity index is 258. The molecular weight excluding hydrogens is 228 g/mol. The molecule has 0 aromatic carbocycles. The number of rotatable bonds is 7. The summed E-state index contributed by atoms with van der Waals surface area (Å²) < 4.78 is 5.81. The van der Waals surface area contributed by atoms with E-state index in [1.165, 1.54) is 0 Å². The second kappa shape index (κ2) is 7.74. The van der Waals surface area contributed by atoms with Gasteiger partial charge in [-0.2, -0.15) is 0 Å². The summed E-state index contributed by atoms with van der Waals surface area (Å²) in [6.45, 7) is 8.77. The number of carbonyl (C=O) groups is 1. The molecule has 106 valence electrons. The lowest BCUT2D eigenvalue weighted by molar-refractivity contribution is -0.121. The van der Waals surface area contributed by atoms with Gasteiger partial charge in [0.2, 0.25) is 5.91 Å². The molecule has 2 unspecified atom stereocenters. The van der Waals surface area contributed by atoms with Crippen LogP contribution in [0.3, 0.4) is 0 Å². The highest BCUT2D eigenvalue weighted by atomic mass is 16.5. The van der Waals surface area contributed by atoms with Gasteiger partial charge in [-0.3, -0.25) is 4.79 Å². The summed E-state index contributed by atoms with van der Waals surface area (Å²) in [4.78, 5) is 11.5. The van der Waals surface area contributed by atoms with Crippen molar-refractivity contribution in [2.75, 3.05) is 19.7 Å². The van der Waals surface area contributed by atoms with Crippen LogP contribution < -0.4 is 10.6 Å². The summed E-state index contributed by atoms with van der Waals surface area (Å²) >= 11 is 0. The zero-order valence-corrected chi connectivity index (χ0v) is 12.1. The Morgan fingerprint density at radius 2 is 2.17 bits per heavy atom. The SMILES string of the molecule is CCCNC(=O)CCNC1CCOC(C)(CC)C1. The van der Waals surface area contributed by atoms with Crippen LogP contribution in [0.2, 0.25) is 0 Å². The second-order valence-electron chi connectivity index (χ2n) is 5.40. The maximum Gasteiger partial charge on any atom is 0.221 e. The van der Waals surface area contributed by atoms with Gasteiger partial charge in [0.1, 0.15) is 0 Å². The first-order chi connectivity index (χ1) is 8.59. The van der Waals surface area contributed by atoms with E-state index in [1.807, 2.05) is 0 Å². The molecular formula is C14H28N2O2. The molecule has 0 aliphatic carbocycles. The van der Waals surface area contributed by atoms with E-state index >= 15 is 0 Å². The average Bonchev–Trinajstić information content (AvgIpc) is 2.36. The summed E-state index contributed by atoms with van der Waals surface area (Å²) in [7, 11) is 0. The Kier molecular flexibility index (Phi) is 6.65. The van der Waals surface area contributed by atoms with Crippen molar-refractivity contribution < 1.29 is 9.53 Å². The zero-order chi connectivity index (χ0) is 13.4. The van der Waals surface area contributed by atoms with E-state index in [-0.39, 0.29) is 11.5 Å². The molecule has 1 aliphatic rings. The predicted octanol–water partition coefficient (Wildman–Crippen LogP) is 1.84. The molecule has 0 radical (unpaired) electrons. The molecule has 18 heavy (non-hydrogen) atoms. The van der Waals surface area contributed by atoms with Gasteiger partial charge in [-0.1, -0.05) is 13.8 Å². The number of amides is 1. The van der Waals surface area contributed by atoms with E-state index in [4.69, 9.17) is 4.74 Å². The fourth-order valence-corrected chi connectivity index (χ4v) is 2.29. The first kappa shape index (κ1) is 15.4. The molecule has 1 amide bonds. The molecule has 1 heterocycles. The molecule has 1 fully saturated rings. The monoisotopic (exact) mass is 256 g/mol. The third kappa shape index (κ3) is 5.36. The van der Waals surface area contributed by atoms with Crippen LogP contribution in [-0.2, 0) is 9.53 Å². The zero-order valence-electron chi connectivity index (χ0n) is 12.1. The van der Waals surface area contributed by atoms with E-state index in [9.17, 15) is 4.79 Å². The molecule has 2 atom stereocenters. The van der Waals surface area contributed by atoms with Crippen molar-refractivity contribution in [1.29, 1.82) is 0 Å². The summed E-state index contributed by atoms with van der Waals surface area (Å²) in [6.07, 6.45) is 4.70. The molecule has 1 saturated heterocycles. The largest absolute Gasteiger partial charge is 0.375 e. The van der Waals surface area contributed by atoms with Gasteiger partial charge in [0.05, 0.1) is 5.60 Å². The van der Waals surface area contributed by atoms with E-state index < -0.39 is 0 Å². The summed E-state index contributed by atoms with van der Waals surface area (Å²) in [5.74, 6) is 0.148. The lowest BCUT2D eigenvalue weighted by Gasteiger charge is -2.38. The first-order valence-corrected chi connectivity index (χ1v) is 7.23. The van der Waals surface area contributed by atoms with E-state index in [1.54, 1.807) is 0 Å².